The van der Waals surface area contributed by atoms with Gasteiger partial charge in [0.15, 0.2) is 0 Å². The van der Waals surface area contributed by atoms with Gasteiger partial charge in [-0.3, -0.25) is 4.90 Å². The Morgan fingerprint density at radius 1 is 1.10 bits per heavy atom. The molecule has 2 N–H and O–H groups in total. The standard InChI is InChI=1S/C17H27N3/c1-19-13-14(12-18)11-17(19)15-5-7-16(8-6-15)20-9-3-2-4-10-20/h5-8,14,17H,2-4,9-13,18H2,1H3. The highest BCUT2D eigenvalue weighted by molar-refractivity contribution is 5.48. The zero-order valence-electron chi connectivity index (χ0n) is 12.6. The van der Waals surface area contributed by atoms with E-state index in [0.717, 1.165) is 13.1 Å². The van der Waals surface area contributed by atoms with Gasteiger partial charge in [0.05, 0.1) is 0 Å². The van der Waals surface area contributed by atoms with Crippen LogP contribution >= 0.6 is 0 Å². The topological polar surface area (TPSA) is 32.5 Å². The normalized spacial score (nSPS) is 28.0. The molecule has 0 bridgehead atoms. The first-order valence-corrected chi connectivity index (χ1v) is 8.03. The molecule has 2 unspecified atom stereocenters. The third-order valence-corrected chi connectivity index (χ3v) is 4.97. The summed E-state index contributed by atoms with van der Waals surface area (Å²) in [5.41, 5.74) is 8.67. The van der Waals surface area contributed by atoms with Gasteiger partial charge in [0, 0.05) is 31.4 Å². The lowest BCUT2D eigenvalue weighted by molar-refractivity contribution is 0.313. The zero-order chi connectivity index (χ0) is 13.9. The van der Waals surface area contributed by atoms with Gasteiger partial charge >= 0.3 is 0 Å². The van der Waals surface area contributed by atoms with Crippen molar-refractivity contribution in [3.05, 3.63) is 29.8 Å². The van der Waals surface area contributed by atoms with Gasteiger partial charge < -0.3 is 10.6 Å². The third-order valence-electron chi connectivity index (χ3n) is 4.97. The van der Waals surface area contributed by atoms with Gasteiger partial charge in [-0.1, -0.05) is 12.1 Å². The predicted molar refractivity (Wildman–Crippen MR) is 85.0 cm³/mol. The largest absolute Gasteiger partial charge is 0.372 e. The van der Waals surface area contributed by atoms with Crippen LogP contribution in [0.1, 0.15) is 37.3 Å². The molecule has 20 heavy (non-hydrogen) atoms. The van der Waals surface area contributed by atoms with Crippen LogP contribution in [0.4, 0.5) is 5.69 Å². The van der Waals surface area contributed by atoms with E-state index < -0.39 is 0 Å². The molecule has 0 spiro atoms. The van der Waals surface area contributed by atoms with Crippen molar-refractivity contribution in [2.75, 3.05) is 38.1 Å². The summed E-state index contributed by atoms with van der Waals surface area (Å²) in [5, 5.41) is 0. The summed E-state index contributed by atoms with van der Waals surface area (Å²) in [6.07, 6.45) is 5.27. The Hall–Kier alpha value is -1.06. The summed E-state index contributed by atoms with van der Waals surface area (Å²) in [5.74, 6) is 0.659. The summed E-state index contributed by atoms with van der Waals surface area (Å²) in [6, 6.07) is 9.82. The van der Waals surface area contributed by atoms with E-state index >= 15 is 0 Å². The van der Waals surface area contributed by atoms with E-state index in [4.69, 9.17) is 5.73 Å². The first-order chi connectivity index (χ1) is 9.78. The maximum Gasteiger partial charge on any atom is 0.0366 e. The Labute approximate surface area is 122 Å². The van der Waals surface area contributed by atoms with E-state index in [1.54, 1.807) is 0 Å². The predicted octanol–water partition coefficient (Wildman–Crippen LogP) is 2.63. The molecule has 0 aliphatic carbocycles. The molecule has 2 heterocycles. The Kier molecular flexibility index (Phi) is 4.27. The quantitative estimate of drug-likeness (QED) is 0.919. The molecule has 110 valence electrons. The first-order valence-electron chi connectivity index (χ1n) is 8.03. The van der Waals surface area contributed by atoms with Crippen LogP contribution in [-0.2, 0) is 0 Å². The number of rotatable bonds is 3. The van der Waals surface area contributed by atoms with Crippen molar-refractivity contribution in [3.8, 4) is 0 Å². The molecule has 3 nitrogen and oxygen atoms in total. The monoisotopic (exact) mass is 273 g/mol. The average Bonchev–Trinajstić information content (AvgIpc) is 2.89. The third kappa shape index (κ3) is 2.84. The molecule has 1 aromatic rings. The van der Waals surface area contributed by atoms with Crippen molar-refractivity contribution in [2.45, 2.75) is 31.7 Å². The SMILES string of the molecule is CN1CC(CN)CC1c1ccc(N2CCCCC2)cc1. The van der Waals surface area contributed by atoms with Crippen molar-refractivity contribution in [2.24, 2.45) is 11.7 Å². The molecule has 3 heteroatoms. The highest BCUT2D eigenvalue weighted by Crippen LogP contribution is 2.34. The molecule has 2 aliphatic rings. The fourth-order valence-corrected chi connectivity index (χ4v) is 3.73. The lowest BCUT2D eigenvalue weighted by Crippen LogP contribution is -2.29. The van der Waals surface area contributed by atoms with E-state index in [9.17, 15) is 0 Å². The molecule has 3 rings (SSSR count). The Balaban J connectivity index is 1.69. The van der Waals surface area contributed by atoms with E-state index in [2.05, 4.69) is 41.1 Å². The van der Waals surface area contributed by atoms with Gasteiger partial charge in [-0.2, -0.15) is 0 Å². The minimum absolute atomic E-state index is 0.555. The van der Waals surface area contributed by atoms with Gasteiger partial charge in [0.25, 0.3) is 0 Å². The van der Waals surface area contributed by atoms with Gasteiger partial charge in [0.1, 0.15) is 0 Å². The Morgan fingerprint density at radius 2 is 1.80 bits per heavy atom. The second-order valence-electron chi connectivity index (χ2n) is 6.43. The molecule has 0 saturated carbocycles. The van der Waals surface area contributed by atoms with Crippen molar-refractivity contribution in [1.29, 1.82) is 0 Å². The molecule has 2 atom stereocenters. The van der Waals surface area contributed by atoms with Crippen LogP contribution < -0.4 is 10.6 Å². The molecule has 0 amide bonds. The maximum absolute atomic E-state index is 5.82. The number of likely N-dealkylation sites (tertiary alicyclic amines) is 1. The number of hydrogen-bond donors (Lipinski definition) is 1. The summed E-state index contributed by atoms with van der Waals surface area (Å²) < 4.78 is 0. The van der Waals surface area contributed by atoms with E-state index in [0.29, 0.717) is 12.0 Å². The highest BCUT2D eigenvalue weighted by Gasteiger charge is 2.29. The van der Waals surface area contributed by atoms with Crippen LogP contribution in [-0.4, -0.2) is 38.1 Å². The minimum Gasteiger partial charge on any atom is -0.372 e. The molecular weight excluding hydrogens is 246 g/mol. The summed E-state index contributed by atoms with van der Waals surface area (Å²) in [4.78, 5) is 4.97. The van der Waals surface area contributed by atoms with Crippen molar-refractivity contribution in [1.82, 2.24) is 4.90 Å². The molecule has 2 saturated heterocycles. The molecule has 0 radical (unpaired) electrons. The molecule has 0 aromatic heterocycles. The summed E-state index contributed by atoms with van der Waals surface area (Å²) in [7, 11) is 2.22. The van der Waals surface area contributed by atoms with Gasteiger partial charge in [-0.05, 0) is 62.9 Å². The second-order valence-corrected chi connectivity index (χ2v) is 6.43. The van der Waals surface area contributed by atoms with Crippen LogP contribution in [0.25, 0.3) is 0 Å². The van der Waals surface area contributed by atoms with Gasteiger partial charge in [-0.15, -0.1) is 0 Å². The van der Waals surface area contributed by atoms with E-state index in [1.807, 2.05) is 0 Å². The number of nitrogens with two attached hydrogens (primary N) is 1. The number of anilines is 1. The number of nitrogens with zero attached hydrogens (tertiary/aromatic N) is 2. The Bertz CT molecular complexity index is 422. The molecular formula is C17H27N3. The fourth-order valence-electron chi connectivity index (χ4n) is 3.73. The lowest BCUT2D eigenvalue weighted by atomic mass is 9.99. The average molecular weight is 273 g/mol. The van der Waals surface area contributed by atoms with Crippen molar-refractivity contribution < 1.29 is 0 Å². The van der Waals surface area contributed by atoms with Gasteiger partial charge in [-0.25, -0.2) is 0 Å². The van der Waals surface area contributed by atoms with E-state index in [-0.39, 0.29) is 0 Å². The van der Waals surface area contributed by atoms with Crippen molar-refractivity contribution in [3.63, 3.8) is 0 Å². The van der Waals surface area contributed by atoms with Crippen LogP contribution in [0.5, 0.6) is 0 Å². The smallest absolute Gasteiger partial charge is 0.0366 e. The maximum atomic E-state index is 5.82. The lowest BCUT2D eigenvalue weighted by Gasteiger charge is -2.29. The number of hydrogen-bond acceptors (Lipinski definition) is 3. The molecule has 2 aliphatic heterocycles. The number of piperidine rings is 1. The highest BCUT2D eigenvalue weighted by atomic mass is 15.2. The van der Waals surface area contributed by atoms with Crippen LogP contribution in [0.2, 0.25) is 0 Å². The van der Waals surface area contributed by atoms with Crippen molar-refractivity contribution >= 4 is 5.69 Å². The summed E-state index contributed by atoms with van der Waals surface area (Å²) in [6.45, 7) is 4.39. The fraction of sp³-hybridized carbons (Fsp3) is 0.647. The molecule has 1 aromatic carbocycles. The Morgan fingerprint density at radius 3 is 2.40 bits per heavy atom. The van der Waals surface area contributed by atoms with Gasteiger partial charge in [0.2, 0.25) is 0 Å². The van der Waals surface area contributed by atoms with Crippen LogP contribution in [0.15, 0.2) is 24.3 Å². The van der Waals surface area contributed by atoms with Crippen LogP contribution in [0, 0.1) is 5.92 Å². The number of benzene rings is 1. The minimum atomic E-state index is 0.555. The first kappa shape index (κ1) is 13.9. The zero-order valence-corrected chi connectivity index (χ0v) is 12.6. The van der Waals surface area contributed by atoms with Crippen LogP contribution in [0.3, 0.4) is 0 Å². The van der Waals surface area contributed by atoms with E-state index in [1.165, 1.54) is 50.0 Å². The molecule has 2 fully saturated rings. The summed E-state index contributed by atoms with van der Waals surface area (Å²) >= 11 is 0. The second kappa shape index (κ2) is 6.15.